The van der Waals surface area contributed by atoms with Crippen molar-refractivity contribution in [2.45, 2.75) is 32.1 Å². The summed E-state index contributed by atoms with van der Waals surface area (Å²) >= 11 is 0. The molecule has 0 radical (unpaired) electrons. The monoisotopic (exact) mass is 336 g/mol. The number of rotatable bonds is 4. The molecule has 2 aromatic heterocycles. The Morgan fingerprint density at radius 3 is 2.12 bits per heavy atom. The number of anilines is 2. The lowest BCUT2D eigenvalue weighted by Gasteiger charge is -2.19. The van der Waals surface area contributed by atoms with Crippen LogP contribution in [0.15, 0.2) is 48.8 Å². The molecule has 2 heterocycles. The van der Waals surface area contributed by atoms with Gasteiger partial charge in [0, 0.05) is 60.8 Å². The summed E-state index contributed by atoms with van der Waals surface area (Å²) in [5.41, 5.74) is 3.27. The predicted octanol–water partition coefficient (Wildman–Crippen LogP) is 3.22. The number of hydrogen-bond acceptors (Lipinski definition) is 4. The minimum absolute atomic E-state index is 0.0776. The van der Waals surface area contributed by atoms with Gasteiger partial charge in [-0.2, -0.15) is 0 Å². The Morgan fingerprint density at radius 1 is 0.960 bits per heavy atom. The summed E-state index contributed by atoms with van der Waals surface area (Å²) in [4.78, 5) is 31.5. The molecular weight excluding hydrogens is 316 g/mol. The molecule has 3 rings (SSSR count). The average molecular weight is 336 g/mol. The second-order valence-electron chi connectivity index (χ2n) is 6.10. The molecule has 2 atom stereocenters. The van der Waals surface area contributed by atoms with Gasteiger partial charge < -0.3 is 10.6 Å². The summed E-state index contributed by atoms with van der Waals surface area (Å²) in [5, 5.41) is 5.58. The van der Waals surface area contributed by atoms with Gasteiger partial charge in [-0.3, -0.25) is 19.6 Å². The normalized spacial score (nSPS) is 18.8. The van der Waals surface area contributed by atoms with Gasteiger partial charge in [-0.05, 0) is 30.7 Å². The van der Waals surface area contributed by atoms with Gasteiger partial charge in [0.25, 0.3) is 0 Å². The highest BCUT2D eigenvalue weighted by Gasteiger charge is 2.28. The first-order valence-electron chi connectivity index (χ1n) is 8.16. The molecule has 128 valence electrons. The Balaban J connectivity index is 1.86. The van der Waals surface area contributed by atoms with Gasteiger partial charge >= 0.3 is 0 Å². The van der Waals surface area contributed by atoms with Crippen LogP contribution < -0.4 is 10.6 Å². The van der Waals surface area contributed by atoms with Gasteiger partial charge in [0.15, 0.2) is 0 Å². The first kappa shape index (κ1) is 16.8. The summed E-state index contributed by atoms with van der Waals surface area (Å²) in [5.74, 6) is 0.00540. The molecule has 2 N–H and O–H groups in total. The zero-order valence-corrected chi connectivity index (χ0v) is 14.2. The number of amides is 2. The van der Waals surface area contributed by atoms with Crippen molar-refractivity contribution in [3.63, 3.8) is 0 Å². The van der Waals surface area contributed by atoms with Crippen molar-refractivity contribution in [3.05, 3.63) is 60.2 Å². The van der Waals surface area contributed by atoms with Crippen molar-refractivity contribution < 1.29 is 9.59 Å². The van der Waals surface area contributed by atoms with Gasteiger partial charge in [0.05, 0.1) is 0 Å². The molecule has 0 fully saturated rings. The van der Waals surface area contributed by atoms with E-state index in [-0.39, 0.29) is 23.7 Å². The predicted molar refractivity (Wildman–Crippen MR) is 96.3 cm³/mol. The molecule has 1 aliphatic carbocycles. The number of aromatic nitrogens is 2. The second-order valence-corrected chi connectivity index (χ2v) is 6.10. The number of hydrogen-bond donors (Lipinski definition) is 2. The van der Waals surface area contributed by atoms with E-state index in [4.69, 9.17) is 0 Å². The molecule has 2 amide bonds. The standard InChI is InChI=1S/C19H20N4O2/c1-12(24)22-14-6-8-20-18(10-14)16-4-3-5-17(16)19-11-15(7-9-21-19)23-13(2)25/h3-4,6-11,16-17H,5H2,1-2H3,(H,20,22,24)(H,21,23,25). The van der Waals surface area contributed by atoms with Gasteiger partial charge in [-0.15, -0.1) is 0 Å². The Bertz CT molecular complexity index is 832. The van der Waals surface area contributed by atoms with Crippen LogP contribution >= 0.6 is 0 Å². The average Bonchev–Trinajstić information content (AvgIpc) is 3.04. The van der Waals surface area contributed by atoms with E-state index in [1.807, 2.05) is 12.1 Å². The SMILES string of the molecule is CC(=O)Nc1ccnc(C2C=CCC2c2cc(NC(C)=O)ccn2)c1. The second kappa shape index (κ2) is 7.25. The minimum Gasteiger partial charge on any atom is -0.326 e. The zero-order chi connectivity index (χ0) is 17.8. The molecule has 0 spiro atoms. The topological polar surface area (TPSA) is 84.0 Å². The lowest BCUT2D eigenvalue weighted by atomic mass is 9.88. The zero-order valence-electron chi connectivity index (χ0n) is 14.2. The maximum absolute atomic E-state index is 11.3. The van der Waals surface area contributed by atoms with E-state index in [1.54, 1.807) is 24.5 Å². The summed E-state index contributed by atoms with van der Waals surface area (Å²) in [6, 6.07) is 7.35. The quantitative estimate of drug-likeness (QED) is 0.840. The van der Waals surface area contributed by atoms with Crippen LogP contribution in [0.4, 0.5) is 11.4 Å². The molecule has 0 aromatic carbocycles. The minimum atomic E-state index is -0.111. The highest BCUT2D eigenvalue weighted by molar-refractivity contribution is 5.89. The number of nitrogens with one attached hydrogen (secondary N) is 2. The Hall–Kier alpha value is -3.02. The first-order valence-corrected chi connectivity index (χ1v) is 8.16. The van der Waals surface area contributed by atoms with Crippen LogP contribution in [0.25, 0.3) is 0 Å². The van der Waals surface area contributed by atoms with Crippen molar-refractivity contribution in [3.8, 4) is 0 Å². The van der Waals surface area contributed by atoms with E-state index in [2.05, 4.69) is 32.8 Å². The fraction of sp³-hybridized carbons (Fsp3) is 0.263. The van der Waals surface area contributed by atoms with Crippen molar-refractivity contribution >= 4 is 23.2 Å². The third-order valence-electron chi connectivity index (χ3n) is 4.09. The van der Waals surface area contributed by atoms with E-state index in [1.165, 1.54) is 13.8 Å². The number of pyridine rings is 2. The molecular formula is C19H20N4O2. The van der Waals surface area contributed by atoms with E-state index in [0.717, 1.165) is 29.2 Å². The molecule has 1 aliphatic rings. The highest BCUT2D eigenvalue weighted by atomic mass is 16.2. The van der Waals surface area contributed by atoms with Crippen molar-refractivity contribution in [2.75, 3.05) is 10.6 Å². The van der Waals surface area contributed by atoms with Crippen LogP contribution in [-0.4, -0.2) is 21.8 Å². The molecule has 0 saturated carbocycles. The Morgan fingerprint density at radius 2 is 1.52 bits per heavy atom. The van der Waals surface area contributed by atoms with Crippen LogP contribution in [0.5, 0.6) is 0 Å². The highest BCUT2D eigenvalue weighted by Crippen LogP contribution is 2.41. The van der Waals surface area contributed by atoms with Crippen molar-refractivity contribution in [1.82, 2.24) is 9.97 Å². The fourth-order valence-corrected chi connectivity index (χ4v) is 3.11. The van der Waals surface area contributed by atoms with E-state index in [9.17, 15) is 9.59 Å². The summed E-state index contributed by atoms with van der Waals surface area (Å²) in [6.07, 6.45) is 8.50. The van der Waals surface area contributed by atoms with Crippen LogP contribution in [0.3, 0.4) is 0 Å². The van der Waals surface area contributed by atoms with Gasteiger partial charge in [-0.25, -0.2) is 0 Å². The Labute approximate surface area is 146 Å². The lowest BCUT2D eigenvalue weighted by Crippen LogP contribution is -2.12. The molecule has 25 heavy (non-hydrogen) atoms. The molecule has 0 saturated heterocycles. The lowest BCUT2D eigenvalue weighted by molar-refractivity contribution is -0.115. The van der Waals surface area contributed by atoms with E-state index < -0.39 is 0 Å². The third-order valence-corrected chi connectivity index (χ3v) is 4.09. The number of allylic oxidation sites excluding steroid dienone is 2. The van der Waals surface area contributed by atoms with Crippen molar-refractivity contribution in [1.29, 1.82) is 0 Å². The van der Waals surface area contributed by atoms with Crippen LogP contribution in [-0.2, 0) is 9.59 Å². The van der Waals surface area contributed by atoms with Crippen LogP contribution in [0.1, 0.15) is 43.5 Å². The fourth-order valence-electron chi connectivity index (χ4n) is 3.11. The molecule has 0 aliphatic heterocycles. The summed E-state index contributed by atoms with van der Waals surface area (Å²) in [6.45, 7) is 2.97. The molecule has 0 bridgehead atoms. The van der Waals surface area contributed by atoms with Crippen molar-refractivity contribution in [2.24, 2.45) is 0 Å². The van der Waals surface area contributed by atoms with Crippen LogP contribution in [0, 0.1) is 0 Å². The number of carbonyl (C=O) groups is 2. The molecule has 2 unspecified atom stereocenters. The van der Waals surface area contributed by atoms with Crippen LogP contribution in [0.2, 0.25) is 0 Å². The number of carbonyl (C=O) groups excluding carboxylic acids is 2. The molecule has 6 nitrogen and oxygen atoms in total. The van der Waals surface area contributed by atoms with E-state index in [0.29, 0.717) is 0 Å². The smallest absolute Gasteiger partial charge is 0.221 e. The largest absolute Gasteiger partial charge is 0.326 e. The maximum Gasteiger partial charge on any atom is 0.221 e. The first-order chi connectivity index (χ1) is 12.0. The maximum atomic E-state index is 11.3. The third kappa shape index (κ3) is 4.09. The summed E-state index contributed by atoms with van der Waals surface area (Å²) in [7, 11) is 0. The molecule has 6 heteroatoms. The van der Waals surface area contributed by atoms with Gasteiger partial charge in [-0.1, -0.05) is 12.2 Å². The Kier molecular flexibility index (Phi) is 4.88. The van der Waals surface area contributed by atoms with Gasteiger partial charge in [0.2, 0.25) is 11.8 Å². The van der Waals surface area contributed by atoms with E-state index >= 15 is 0 Å². The molecule has 2 aromatic rings. The van der Waals surface area contributed by atoms with Gasteiger partial charge in [0.1, 0.15) is 0 Å². The number of nitrogens with zero attached hydrogens (tertiary/aromatic N) is 2. The summed E-state index contributed by atoms with van der Waals surface area (Å²) < 4.78 is 0.